The molecule has 202 valence electrons. The van der Waals surface area contributed by atoms with Gasteiger partial charge in [-0.15, -0.1) is 0 Å². The number of aldehydes is 1. The Bertz CT molecular complexity index is 1150. The summed E-state index contributed by atoms with van der Waals surface area (Å²) in [5, 5.41) is 0.180. The van der Waals surface area contributed by atoms with E-state index >= 15 is 0 Å². The second-order valence-electron chi connectivity index (χ2n) is 8.87. The molecule has 2 aliphatic rings. The molecule has 38 heavy (non-hydrogen) atoms. The summed E-state index contributed by atoms with van der Waals surface area (Å²) in [5.41, 5.74) is 0.486. The second-order valence-corrected chi connectivity index (χ2v) is 9.28. The smallest absolute Gasteiger partial charge is 0.343 e. The number of halogens is 1. The third-order valence-electron chi connectivity index (χ3n) is 6.64. The van der Waals surface area contributed by atoms with Crippen molar-refractivity contribution in [3.05, 3.63) is 76.3 Å². The quantitative estimate of drug-likeness (QED) is 0.147. The van der Waals surface area contributed by atoms with Gasteiger partial charge in [-0.25, -0.2) is 14.5 Å². The van der Waals surface area contributed by atoms with Gasteiger partial charge < -0.3 is 18.9 Å². The molecule has 0 amide bonds. The van der Waals surface area contributed by atoms with Gasteiger partial charge in [-0.3, -0.25) is 9.69 Å². The van der Waals surface area contributed by atoms with Crippen LogP contribution in [0.5, 0.6) is 0 Å². The van der Waals surface area contributed by atoms with E-state index in [-0.39, 0.29) is 28.5 Å². The van der Waals surface area contributed by atoms with Crippen LogP contribution in [0, 0.1) is 0 Å². The Balaban J connectivity index is 1.61. The van der Waals surface area contributed by atoms with Gasteiger partial charge >= 0.3 is 11.9 Å². The van der Waals surface area contributed by atoms with Crippen molar-refractivity contribution < 1.29 is 33.3 Å². The first-order valence-electron chi connectivity index (χ1n) is 12.5. The maximum Gasteiger partial charge on any atom is 0.343 e. The van der Waals surface area contributed by atoms with Gasteiger partial charge in [0, 0.05) is 42.8 Å². The fraction of sp³-hybridized carbons (Fsp3) is 0.393. The van der Waals surface area contributed by atoms with Gasteiger partial charge in [0.15, 0.2) is 6.29 Å². The Morgan fingerprint density at radius 3 is 2.42 bits per heavy atom. The number of methoxy groups -OCH3 is 1. The largest absolute Gasteiger partial charge is 0.465 e. The summed E-state index contributed by atoms with van der Waals surface area (Å²) in [5.74, 6) is -1.88. The highest BCUT2D eigenvalue weighted by atomic mass is 35.5. The summed E-state index contributed by atoms with van der Waals surface area (Å²) in [6.45, 7) is 4.86. The Labute approximate surface area is 226 Å². The molecular weight excluding hydrogens is 512 g/mol. The summed E-state index contributed by atoms with van der Waals surface area (Å²) >= 11 is 6.34. The zero-order valence-corrected chi connectivity index (χ0v) is 22.0. The highest BCUT2D eigenvalue weighted by Gasteiger charge is 2.37. The number of rotatable bonds is 10. The van der Waals surface area contributed by atoms with Gasteiger partial charge in [0.2, 0.25) is 0 Å². The molecule has 2 aromatic rings. The van der Waals surface area contributed by atoms with Gasteiger partial charge in [-0.2, -0.15) is 0 Å². The van der Waals surface area contributed by atoms with Crippen LogP contribution >= 0.6 is 11.6 Å². The number of esters is 2. The third kappa shape index (κ3) is 6.67. The van der Waals surface area contributed by atoms with Gasteiger partial charge in [0.1, 0.15) is 5.57 Å². The first-order valence-corrected chi connectivity index (χ1v) is 12.9. The third-order valence-corrected chi connectivity index (χ3v) is 6.97. The minimum Gasteiger partial charge on any atom is -0.465 e. The van der Waals surface area contributed by atoms with Crippen molar-refractivity contribution in [2.75, 3.05) is 53.1 Å². The minimum absolute atomic E-state index is 0.0989. The van der Waals surface area contributed by atoms with Crippen molar-refractivity contribution in [3.63, 3.8) is 0 Å². The van der Waals surface area contributed by atoms with Gasteiger partial charge in [-0.05, 0) is 18.1 Å². The lowest BCUT2D eigenvalue weighted by atomic mass is 10.00. The summed E-state index contributed by atoms with van der Waals surface area (Å²) in [4.78, 5) is 42.2. The summed E-state index contributed by atoms with van der Waals surface area (Å²) in [7, 11) is 1.13. The van der Waals surface area contributed by atoms with Crippen molar-refractivity contribution in [2.45, 2.75) is 18.9 Å². The van der Waals surface area contributed by atoms with E-state index < -0.39 is 23.9 Å². The molecule has 2 heterocycles. The number of nitrogens with zero attached hydrogens (tertiary/aromatic N) is 2. The average Bonchev–Trinajstić information content (AvgIpc) is 3.40. The molecule has 0 bridgehead atoms. The number of carbonyl (C=O) groups is 3. The summed E-state index contributed by atoms with van der Waals surface area (Å²) < 4.78 is 21.9. The monoisotopic (exact) mass is 542 g/mol. The zero-order chi connectivity index (χ0) is 26.9. The number of carbonyl (C=O) groups excluding carboxylic acids is 3. The second kappa shape index (κ2) is 13.6. The van der Waals surface area contributed by atoms with Crippen LogP contribution in [0.25, 0.3) is 5.57 Å². The van der Waals surface area contributed by atoms with E-state index in [4.69, 9.17) is 30.5 Å². The lowest BCUT2D eigenvalue weighted by Gasteiger charge is -2.34. The van der Waals surface area contributed by atoms with Gasteiger partial charge in [-0.1, -0.05) is 60.1 Å². The standard InChI is InChI=1S/C28H31ClN2O7/c1-35-26(33)22(19-32)25(21-9-5-6-10-23(21)29)27(34)38-28-31(15-18-37-28)24(20-7-3-2-4-8-20)11-12-30-13-16-36-17-14-30/h2-10,19,24,28H,11-18H2,1H3/b25-22+. The molecule has 2 unspecified atom stereocenters. The molecule has 2 aliphatic heterocycles. The van der Waals surface area contributed by atoms with E-state index in [0.29, 0.717) is 26.4 Å². The zero-order valence-electron chi connectivity index (χ0n) is 21.2. The maximum atomic E-state index is 13.5. The molecule has 9 nitrogen and oxygen atoms in total. The molecule has 0 spiro atoms. The van der Waals surface area contributed by atoms with E-state index in [1.165, 1.54) is 6.07 Å². The van der Waals surface area contributed by atoms with E-state index in [0.717, 1.165) is 38.7 Å². The van der Waals surface area contributed by atoms with Crippen LogP contribution in [0.3, 0.4) is 0 Å². The van der Waals surface area contributed by atoms with Crippen molar-refractivity contribution in [1.29, 1.82) is 0 Å². The normalized spacial score (nSPS) is 19.9. The maximum absolute atomic E-state index is 13.5. The van der Waals surface area contributed by atoms with Crippen LogP contribution in [0.2, 0.25) is 5.02 Å². The fourth-order valence-corrected chi connectivity index (χ4v) is 4.92. The SMILES string of the molecule is COC(=O)/C(C=O)=C(/C(=O)OC1OCCN1C(CCN1CCOCC1)c1ccccc1)c1ccccc1Cl. The van der Waals surface area contributed by atoms with Crippen LogP contribution in [0.15, 0.2) is 60.2 Å². The minimum atomic E-state index is -1.03. The molecular formula is C28H31ClN2O7. The highest BCUT2D eigenvalue weighted by molar-refractivity contribution is 6.37. The van der Waals surface area contributed by atoms with Crippen molar-refractivity contribution in [1.82, 2.24) is 9.80 Å². The highest BCUT2D eigenvalue weighted by Crippen LogP contribution is 2.33. The Kier molecular flexibility index (Phi) is 10.0. The van der Waals surface area contributed by atoms with E-state index in [2.05, 4.69) is 4.90 Å². The lowest BCUT2D eigenvalue weighted by Crippen LogP contribution is -2.41. The van der Waals surface area contributed by atoms with Crippen LogP contribution < -0.4 is 0 Å². The number of morpholine rings is 1. The average molecular weight is 543 g/mol. The molecule has 2 aromatic carbocycles. The van der Waals surface area contributed by atoms with Crippen molar-refractivity contribution in [2.24, 2.45) is 0 Å². The predicted octanol–water partition coefficient (Wildman–Crippen LogP) is 3.09. The molecule has 2 atom stereocenters. The molecule has 0 aliphatic carbocycles. The van der Waals surface area contributed by atoms with Gasteiger partial charge in [0.25, 0.3) is 6.41 Å². The molecule has 10 heteroatoms. The lowest BCUT2D eigenvalue weighted by molar-refractivity contribution is -0.193. The van der Waals surface area contributed by atoms with Crippen molar-refractivity contribution in [3.8, 4) is 0 Å². The Morgan fingerprint density at radius 2 is 1.74 bits per heavy atom. The first kappa shape index (κ1) is 27.9. The van der Waals surface area contributed by atoms with E-state index in [9.17, 15) is 14.4 Å². The van der Waals surface area contributed by atoms with Crippen molar-refractivity contribution >= 4 is 35.4 Å². The summed E-state index contributed by atoms with van der Waals surface area (Å²) in [6, 6.07) is 16.3. The Hall–Kier alpha value is -3.08. The fourth-order valence-electron chi connectivity index (χ4n) is 4.69. The molecule has 0 aromatic heterocycles. The number of hydrogen-bond donors (Lipinski definition) is 0. The molecule has 0 saturated carbocycles. The van der Waals surface area contributed by atoms with Gasteiger partial charge in [0.05, 0.1) is 32.5 Å². The molecule has 2 fully saturated rings. The van der Waals surface area contributed by atoms with Crippen LogP contribution in [-0.4, -0.2) is 87.5 Å². The molecule has 2 saturated heterocycles. The van der Waals surface area contributed by atoms with Crippen LogP contribution in [-0.2, 0) is 33.3 Å². The summed E-state index contributed by atoms with van der Waals surface area (Å²) in [6.07, 6.45) is 0.0188. The van der Waals surface area contributed by atoms with E-state index in [1.807, 2.05) is 35.2 Å². The number of benzene rings is 2. The number of hydrogen-bond acceptors (Lipinski definition) is 9. The molecule has 4 rings (SSSR count). The topological polar surface area (TPSA) is 94.6 Å². The Morgan fingerprint density at radius 1 is 1.03 bits per heavy atom. The van der Waals surface area contributed by atoms with Crippen LogP contribution in [0.4, 0.5) is 0 Å². The molecule has 0 radical (unpaired) electrons. The first-order chi connectivity index (χ1) is 18.5. The van der Waals surface area contributed by atoms with E-state index in [1.54, 1.807) is 18.2 Å². The van der Waals surface area contributed by atoms with Crippen LogP contribution in [0.1, 0.15) is 23.6 Å². The molecule has 0 N–H and O–H groups in total. The number of ether oxygens (including phenoxy) is 4. The predicted molar refractivity (Wildman–Crippen MR) is 140 cm³/mol.